The maximum atomic E-state index is 14.3. The Balaban J connectivity index is 1.17. The number of aliphatic hydroxyl groups is 6. The number of ketones is 2. The smallest absolute Gasteiger partial charge is 0.161 e. The third kappa shape index (κ3) is 5.40. The van der Waals surface area contributed by atoms with Crippen LogP contribution in [0.5, 0.6) is 0 Å². The molecule has 0 spiro atoms. The van der Waals surface area contributed by atoms with Gasteiger partial charge >= 0.3 is 0 Å². The van der Waals surface area contributed by atoms with Crippen molar-refractivity contribution in [3.8, 4) is 0 Å². The van der Waals surface area contributed by atoms with Crippen molar-refractivity contribution in [3.05, 3.63) is 11.3 Å². The molecule has 1 aliphatic heterocycles. The highest BCUT2D eigenvalue weighted by molar-refractivity contribution is 5.95. The van der Waals surface area contributed by atoms with E-state index in [1.807, 2.05) is 0 Å². The van der Waals surface area contributed by atoms with Gasteiger partial charge in [0.1, 0.15) is 30.0 Å². The SMILES string of the molecule is CC(=O)C1=C(O)C[C@@H]2C[C@@H]3CC4C(C(C)C)CC(CCC(O)CC5CCC6OCOC6C5)C(O)C4C(=O)C3C(O)[C@]2(O)C1O. The lowest BCUT2D eigenvalue weighted by molar-refractivity contribution is -0.232. The second-order valence-corrected chi connectivity index (χ2v) is 15.5. The summed E-state index contributed by atoms with van der Waals surface area (Å²) in [4.78, 5) is 26.5. The molecule has 6 aliphatic rings. The summed E-state index contributed by atoms with van der Waals surface area (Å²) < 4.78 is 11.3. The number of carbonyl (C=O) groups excluding carboxylic acids is 2. The fraction of sp³-hybridized carbons (Fsp3) is 0.882. The predicted molar refractivity (Wildman–Crippen MR) is 158 cm³/mol. The highest BCUT2D eigenvalue weighted by atomic mass is 16.7. The molecule has 0 radical (unpaired) electrons. The summed E-state index contributed by atoms with van der Waals surface area (Å²) in [5.41, 5.74) is -2.46. The van der Waals surface area contributed by atoms with Gasteiger partial charge in [0.15, 0.2) is 5.78 Å². The number of Topliss-reactive ketones (excluding diaryl/α,β-unsaturated/α-hetero) is 2. The Morgan fingerprint density at radius 1 is 1.02 bits per heavy atom. The van der Waals surface area contributed by atoms with Crippen molar-refractivity contribution in [1.29, 1.82) is 0 Å². The molecular formula is C34H52O10. The topological polar surface area (TPSA) is 174 Å². The molecule has 4 saturated carbocycles. The van der Waals surface area contributed by atoms with Gasteiger partial charge in [-0.15, -0.1) is 0 Å². The van der Waals surface area contributed by atoms with E-state index in [4.69, 9.17) is 9.47 Å². The van der Waals surface area contributed by atoms with E-state index in [9.17, 15) is 40.2 Å². The van der Waals surface area contributed by atoms with Crippen molar-refractivity contribution in [2.45, 2.75) is 127 Å². The van der Waals surface area contributed by atoms with Gasteiger partial charge in [-0.3, -0.25) is 9.59 Å². The van der Waals surface area contributed by atoms with E-state index in [1.54, 1.807) is 0 Å². The molecule has 10 nitrogen and oxygen atoms in total. The number of allylic oxidation sites excluding steroid dienone is 1. The first kappa shape index (κ1) is 32.5. The second kappa shape index (κ2) is 12.3. The van der Waals surface area contributed by atoms with E-state index in [2.05, 4.69) is 13.8 Å². The van der Waals surface area contributed by atoms with Gasteiger partial charge in [-0.1, -0.05) is 13.8 Å². The van der Waals surface area contributed by atoms with Gasteiger partial charge in [0.2, 0.25) is 0 Å². The number of ether oxygens (including phenoxy) is 2. The van der Waals surface area contributed by atoms with Gasteiger partial charge in [0, 0.05) is 24.2 Å². The number of fused-ring (bicyclic) bond motifs is 4. The first-order valence-corrected chi connectivity index (χ1v) is 17.0. The van der Waals surface area contributed by atoms with Crippen molar-refractivity contribution in [2.75, 3.05) is 6.79 Å². The van der Waals surface area contributed by atoms with Crippen LogP contribution in [-0.4, -0.2) is 91.2 Å². The van der Waals surface area contributed by atoms with Crippen molar-refractivity contribution in [2.24, 2.45) is 53.3 Å². The Kier molecular flexibility index (Phi) is 9.11. The Labute approximate surface area is 259 Å². The lowest BCUT2D eigenvalue weighted by atomic mass is 9.48. The number of carbonyl (C=O) groups is 2. The van der Waals surface area contributed by atoms with Crippen molar-refractivity contribution in [3.63, 3.8) is 0 Å². The lowest BCUT2D eigenvalue weighted by Crippen LogP contribution is -2.70. The molecule has 5 aliphatic carbocycles. The molecule has 10 heteroatoms. The molecule has 0 aromatic heterocycles. The summed E-state index contributed by atoms with van der Waals surface area (Å²) in [7, 11) is 0. The van der Waals surface area contributed by atoms with Crippen LogP contribution < -0.4 is 0 Å². The van der Waals surface area contributed by atoms with Crippen molar-refractivity contribution >= 4 is 11.6 Å². The minimum absolute atomic E-state index is 0.0471. The Morgan fingerprint density at radius 2 is 1.75 bits per heavy atom. The van der Waals surface area contributed by atoms with Crippen LogP contribution in [0, 0.1) is 53.3 Å². The zero-order chi connectivity index (χ0) is 31.7. The standard InChI is InChI=1S/C34H52O10/c1-15(2)22-11-18(5-6-21(36)8-17-4-7-25-26(9-17)44-14-43-25)30(38)29-23(22)12-19-10-20-13-24(37)27(16(3)35)32(40)34(20,42)33(41)28(19)31(29)39/h15,17-23,25-26,28-30,32-33,36-38,40-42H,4-14H2,1-3H3/t17?,18?,19-,20+,21?,22?,23?,25?,26?,28?,29?,30?,32?,33?,34-/m1/s1. The van der Waals surface area contributed by atoms with E-state index in [0.717, 1.165) is 25.7 Å². The number of aliphatic hydroxyl groups excluding tert-OH is 5. The van der Waals surface area contributed by atoms with Crippen LogP contribution in [0.1, 0.15) is 85.0 Å². The van der Waals surface area contributed by atoms with Crippen molar-refractivity contribution in [1.82, 2.24) is 0 Å². The van der Waals surface area contributed by atoms with Gasteiger partial charge in [0.25, 0.3) is 0 Å². The summed E-state index contributed by atoms with van der Waals surface area (Å²) in [6, 6.07) is 0. The third-order valence-corrected chi connectivity index (χ3v) is 12.8. The maximum absolute atomic E-state index is 14.3. The number of hydrogen-bond donors (Lipinski definition) is 6. The van der Waals surface area contributed by atoms with Gasteiger partial charge in [-0.05, 0) is 100 Å². The predicted octanol–water partition coefficient (Wildman–Crippen LogP) is 2.43. The van der Waals surface area contributed by atoms with Crippen LogP contribution in [0.4, 0.5) is 0 Å². The highest BCUT2D eigenvalue weighted by Crippen LogP contribution is 2.58. The highest BCUT2D eigenvalue weighted by Gasteiger charge is 2.66. The maximum Gasteiger partial charge on any atom is 0.161 e. The molecular weight excluding hydrogens is 568 g/mol. The zero-order valence-corrected chi connectivity index (χ0v) is 26.3. The number of rotatable bonds is 7. The lowest BCUT2D eigenvalue weighted by Gasteiger charge is -2.59. The monoisotopic (exact) mass is 620 g/mol. The average molecular weight is 621 g/mol. The summed E-state index contributed by atoms with van der Waals surface area (Å²) in [5, 5.41) is 67.7. The minimum atomic E-state index is -2.15. The molecule has 1 saturated heterocycles. The minimum Gasteiger partial charge on any atom is -0.512 e. The van der Waals surface area contributed by atoms with Crippen LogP contribution in [0.3, 0.4) is 0 Å². The molecule has 6 rings (SSSR count). The molecule has 248 valence electrons. The van der Waals surface area contributed by atoms with Crippen LogP contribution in [0.15, 0.2) is 11.3 Å². The van der Waals surface area contributed by atoms with E-state index in [-0.39, 0.29) is 65.3 Å². The van der Waals surface area contributed by atoms with Crippen LogP contribution in [0.25, 0.3) is 0 Å². The summed E-state index contributed by atoms with van der Waals surface area (Å²) in [6.07, 6.45) is 1.69. The molecule has 6 N–H and O–H groups in total. The molecule has 12 unspecified atom stereocenters. The molecule has 0 bridgehead atoms. The molecule has 0 amide bonds. The quantitative estimate of drug-likeness (QED) is 0.248. The van der Waals surface area contributed by atoms with E-state index < -0.39 is 53.6 Å². The molecule has 0 aromatic rings. The van der Waals surface area contributed by atoms with Crippen LogP contribution >= 0.6 is 0 Å². The molecule has 44 heavy (non-hydrogen) atoms. The molecule has 5 fully saturated rings. The summed E-state index contributed by atoms with van der Waals surface area (Å²) >= 11 is 0. The summed E-state index contributed by atoms with van der Waals surface area (Å²) in [5.74, 6) is -3.24. The van der Waals surface area contributed by atoms with Crippen LogP contribution in [-0.2, 0) is 19.1 Å². The Hall–Kier alpha value is -1.40. The largest absolute Gasteiger partial charge is 0.512 e. The number of hydrogen-bond acceptors (Lipinski definition) is 10. The third-order valence-electron chi connectivity index (χ3n) is 12.8. The van der Waals surface area contributed by atoms with E-state index in [0.29, 0.717) is 44.8 Å². The normalized spacial score (nSPS) is 47.9. The van der Waals surface area contributed by atoms with E-state index in [1.165, 1.54) is 6.92 Å². The van der Waals surface area contributed by atoms with Gasteiger partial charge in [-0.25, -0.2) is 0 Å². The summed E-state index contributed by atoms with van der Waals surface area (Å²) in [6.45, 7) is 5.83. The first-order chi connectivity index (χ1) is 20.8. The van der Waals surface area contributed by atoms with Crippen LogP contribution in [0.2, 0.25) is 0 Å². The van der Waals surface area contributed by atoms with Gasteiger partial charge in [-0.2, -0.15) is 0 Å². The molecule has 1 heterocycles. The van der Waals surface area contributed by atoms with Gasteiger partial charge < -0.3 is 40.1 Å². The Bertz CT molecular complexity index is 1140. The average Bonchev–Trinajstić information content (AvgIpc) is 3.42. The zero-order valence-electron chi connectivity index (χ0n) is 26.3. The Morgan fingerprint density at radius 3 is 2.45 bits per heavy atom. The van der Waals surface area contributed by atoms with Crippen molar-refractivity contribution < 1.29 is 49.7 Å². The fourth-order valence-corrected chi connectivity index (χ4v) is 10.6. The molecule has 15 atom stereocenters. The van der Waals surface area contributed by atoms with E-state index >= 15 is 0 Å². The van der Waals surface area contributed by atoms with Gasteiger partial charge in [0.05, 0.1) is 36.1 Å². The second-order valence-electron chi connectivity index (χ2n) is 15.5. The molecule has 0 aromatic carbocycles. The first-order valence-electron chi connectivity index (χ1n) is 17.0. The fourth-order valence-electron chi connectivity index (χ4n) is 10.6.